The van der Waals surface area contributed by atoms with Crippen LogP contribution < -0.4 is 0 Å². The van der Waals surface area contributed by atoms with Gasteiger partial charge in [0.25, 0.3) is 0 Å². The maximum absolute atomic E-state index is 10.1. The Bertz CT molecular complexity index is 474. The molecule has 0 heterocycles. The van der Waals surface area contributed by atoms with Crippen molar-refractivity contribution in [2.24, 2.45) is 11.3 Å². The van der Waals surface area contributed by atoms with E-state index in [2.05, 4.69) is 13.0 Å². The topological polar surface area (TPSA) is 40.5 Å². The number of hydrogen-bond donors (Lipinski definition) is 2. The molecule has 3 atom stereocenters. The van der Waals surface area contributed by atoms with E-state index < -0.39 is 0 Å². The largest absolute Gasteiger partial charge is 0.508 e. The standard InChI is InChI=1S/C16H20O2/c1-16-9-8-12(10-13(16)4-7-15(16)18)11-2-5-14(17)6-3-11/h2-3,5-6,10,13,15,17-18H,4,7-9H2,1H3/t13?,15-,16-/m0/s1. The average molecular weight is 244 g/mol. The highest BCUT2D eigenvalue weighted by molar-refractivity contribution is 5.67. The summed E-state index contributed by atoms with van der Waals surface area (Å²) in [4.78, 5) is 0. The van der Waals surface area contributed by atoms with E-state index in [9.17, 15) is 10.2 Å². The van der Waals surface area contributed by atoms with Gasteiger partial charge < -0.3 is 10.2 Å². The van der Waals surface area contributed by atoms with Crippen molar-refractivity contribution < 1.29 is 10.2 Å². The smallest absolute Gasteiger partial charge is 0.115 e. The summed E-state index contributed by atoms with van der Waals surface area (Å²) in [5, 5.41) is 19.4. The second kappa shape index (κ2) is 4.13. The molecule has 0 saturated heterocycles. The third kappa shape index (κ3) is 1.76. The molecule has 0 bridgehead atoms. The lowest BCUT2D eigenvalue weighted by molar-refractivity contribution is 0.0419. The van der Waals surface area contributed by atoms with Crippen molar-refractivity contribution >= 4 is 5.57 Å². The van der Waals surface area contributed by atoms with Crippen LogP contribution in [0, 0.1) is 11.3 Å². The fourth-order valence-electron chi connectivity index (χ4n) is 3.52. The van der Waals surface area contributed by atoms with Crippen LogP contribution in [-0.4, -0.2) is 16.3 Å². The fourth-order valence-corrected chi connectivity index (χ4v) is 3.52. The molecule has 1 saturated carbocycles. The summed E-state index contributed by atoms with van der Waals surface area (Å²) in [5.74, 6) is 0.821. The number of phenols is 1. The predicted molar refractivity (Wildman–Crippen MR) is 72.2 cm³/mol. The lowest BCUT2D eigenvalue weighted by Gasteiger charge is -2.37. The molecule has 2 N–H and O–H groups in total. The summed E-state index contributed by atoms with van der Waals surface area (Å²) in [6, 6.07) is 7.45. The molecule has 2 aliphatic carbocycles. The van der Waals surface area contributed by atoms with Gasteiger partial charge in [-0.2, -0.15) is 0 Å². The number of aliphatic hydroxyl groups is 1. The van der Waals surface area contributed by atoms with Gasteiger partial charge in [-0.3, -0.25) is 0 Å². The van der Waals surface area contributed by atoms with E-state index in [4.69, 9.17) is 0 Å². The Morgan fingerprint density at radius 1 is 1.17 bits per heavy atom. The number of hydrogen-bond acceptors (Lipinski definition) is 2. The zero-order valence-corrected chi connectivity index (χ0v) is 10.8. The molecule has 1 aromatic rings. The van der Waals surface area contributed by atoms with Crippen LogP contribution in [0.25, 0.3) is 5.57 Å². The summed E-state index contributed by atoms with van der Waals surface area (Å²) < 4.78 is 0. The molecule has 0 spiro atoms. The van der Waals surface area contributed by atoms with Crippen LogP contribution in [0.15, 0.2) is 30.3 Å². The third-order valence-corrected chi connectivity index (χ3v) is 4.93. The van der Waals surface area contributed by atoms with Gasteiger partial charge in [-0.25, -0.2) is 0 Å². The number of aromatic hydroxyl groups is 1. The predicted octanol–water partition coefficient (Wildman–Crippen LogP) is 3.35. The Morgan fingerprint density at radius 3 is 2.61 bits per heavy atom. The fraction of sp³-hybridized carbons (Fsp3) is 0.500. The lowest BCUT2D eigenvalue weighted by atomic mass is 9.69. The van der Waals surface area contributed by atoms with Crippen molar-refractivity contribution in [2.45, 2.75) is 38.7 Å². The molecule has 2 nitrogen and oxygen atoms in total. The van der Waals surface area contributed by atoms with Crippen molar-refractivity contribution in [3.63, 3.8) is 0 Å². The van der Waals surface area contributed by atoms with Crippen molar-refractivity contribution in [3.8, 4) is 5.75 Å². The Labute approximate surface area is 108 Å². The highest BCUT2D eigenvalue weighted by Gasteiger charge is 2.46. The lowest BCUT2D eigenvalue weighted by Crippen LogP contribution is -2.33. The minimum absolute atomic E-state index is 0.0837. The highest BCUT2D eigenvalue weighted by Crippen LogP contribution is 2.52. The van der Waals surface area contributed by atoms with Crippen molar-refractivity contribution in [1.82, 2.24) is 0 Å². The van der Waals surface area contributed by atoms with Gasteiger partial charge in [0.05, 0.1) is 6.10 Å². The molecule has 18 heavy (non-hydrogen) atoms. The van der Waals surface area contributed by atoms with Gasteiger partial charge in [0, 0.05) is 5.41 Å². The Balaban J connectivity index is 1.90. The van der Waals surface area contributed by atoms with Gasteiger partial charge in [0.1, 0.15) is 5.75 Å². The highest BCUT2D eigenvalue weighted by atomic mass is 16.3. The van der Waals surface area contributed by atoms with Crippen LogP contribution in [0.5, 0.6) is 5.75 Å². The number of phenolic OH excluding ortho intramolecular Hbond substituents is 1. The zero-order valence-electron chi connectivity index (χ0n) is 10.8. The van der Waals surface area contributed by atoms with Crippen molar-refractivity contribution in [1.29, 1.82) is 0 Å². The first-order valence-corrected chi connectivity index (χ1v) is 6.78. The Morgan fingerprint density at radius 2 is 1.89 bits per heavy atom. The molecule has 2 aliphatic rings. The summed E-state index contributed by atoms with van der Waals surface area (Å²) in [7, 11) is 0. The number of aliphatic hydroxyl groups excluding tert-OH is 1. The number of benzene rings is 1. The maximum atomic E-state index is 10.1. The van der Waals surface area contributed by atoms with E-state index in [1.807, 2.05) is 12.1 Å². The van der Waals surface area contributed by atoms with Crippen LogP contribution in [0.4, 0.5) is 0 Å². The van der Waals surface area contributed by atoms with Crippen LogP contribution in [0.1, 0.15) is 38.2 Å². The number of allylic oxidation sites excluding steroid dienone is 2. The molecule has 0 radical (unpaired) electrons. The quantitative estimate of drug-likeness (QED) is 0.795. The van der Waals surface area contributed by atoms with Crippen LogP contribution in [0.2, 0.25) is 0 Å². The second-order valence-electron chi connectivity index (χ2n) is 5.94. The Kier molecular flexibility index (Phi) is 2.70. The minimum atomic E-state index is -0.139. The molecular weight excluding hydrogens is 224 g/mol. The second-order valence-corrected chi connectivity index (χ2v) is 5.94. The van der Waals surface area contributed by atoms with Gasteiger partial charge in [0.2, 0.25) is 0 Å². The van der Waals surface area contributed by atoms with Crippen molar-refractivity contribution in [2.75, 3.05) is 0 Å². The van der Waals surface area contributed by atoms with Gasteiger partial charge >= 0.3 is 0 Å². The van der Waals surface area contributed by atoms with E-state index in [1.54, 1.807) is 12.1 Å². The molecule has 0 amide bonds. The maximum Gasteiger partial charge on any atom is 0.115 e. The van der Waals surface area contributed by atoms with Crippen LogP contribution in [-0.2, 0) is 0 Å². The summed E-state index contributed by atoms with van der Waals surface area (Å²) in [6.07, 6.45) is 6.33. The zero-order chi connectivity index (χ0) is 12.8. The molecule has 3 rings (SSSR count). The first kappa shape index (κ1) is 11.8. The van der Waals surface area contributed by atoms with E-state index in [1.165, 1.54) is 11.1 Å². The third-order valence-electron chi connectivity index (χ3n) is 4.93. The molecular formula is C16H20O2. The molecule has 1 unspecified atom stereocenters. The molecule has 2 heteroatoms. The normalized spacial score (nSPS) is 35.1. The molecule has 0 aliphatic heterocycles. The Hall–Kier alpha value is -1.28. The van der Waals surface area contributed by atoms with E-state index in [-0.39, 0.29) is 11.5 Å². The first-order valence-electron chi connectivity index (χ1n) is 6.78. The summed E-state index contributed by atoms with van der Waals surface area (Å²) >= 11 is 0. The van der Waals surface area contributed by atoms with Crippen LogP contribution in [0.3, 0.4) is 0 Å². The summed E-state index contributed by atoms with van der Waals surface area (Å²) in [5.41, 5.74) is 2.66. The number of fused-ring (bicyclic) bond motifs is 1. The van der Waals surface area contributed by atoms with Crippen molar-refractivity contribution in [3.05, 3.63) is 35.9 Å². The van der Waals surface area contributed by atoms with E-state index in [0.717, 1.165) is 25.7 Å². The SMILES string of the molecule is C[C@]12CCC(c3ccc(O)cc3)=CC1CC[C@@H]2O. The van der Waals surface area contributed by atoms with Gasteiger partial charge in [-0.15, -0.1) is 0 Å². The first-order chi connectivity index (χ1) is 8.59. The van der Waals surface area contributed by atoms with Gasteiger partial charge in [0.15, 0.2) is 0 Å². The average Bonchev–Trinajstić information content (AvgIpc) is 2.66. The monoisotopic (exact) mass is 244 g/mol. The minimum Gasteiger partial charge on any atom is -0.508 e. The number of rotatable bonds is 1. The molecule has 1 aromatic carbocycles. The van der Waals surface area contributed by atoms with E-state index >= 15 is 0 Å². The molecule has 0 aromatic heterocycles. The van der Waals surface area contributed by atoms with Crippen LogP contribution >= 0.6 is 0 Å². The van der Waals surface area contributed by atoms with Gasteiger partial charge in [-0.05, 0) is 54.9 Å². The van der Waals surface area contributed by atoms with Gasteiger partial charge in [-0.1, -0.05) is 25.1 Å². The summed E-state index contributed by atoms with van der Waals surface area (Å²) in [6.45, 7) is 2.22. The van der Waals surface area contributed by atoms with E-state index in [0.29, 0.717) is 11.7 Å². The molecule has 96 valence electrons. The molecule has 1 fully saturated rings.